The van der Waals surface area contributed by atoms with Gasteiger partial charge in [-0.25, -0.2) is 0 Å². The van der Waals surface area contributed by atoms with E-state index in [1.54, 1.807) is 7.11 Å². The predicted molar refractivity (Wildman–Crippen MR) is 61.8 cm³/mol. The molecule has 0 bridgehead atoms. The molecule has 0 saturated carbocycles. The summed E-state index contributed by atoms with van der Waals surface area (Å²) in [5.41, 5.74) is 0. The van der Waals surface area contributed by atoms with Crippen LogP contribution in [0.5, 0.6) is 0 Å². The van der Waals surface area contributed by atoms with Gasteiger partial charge in [0, 0.05) is 19.7 Å². The minimum Gasteiger partial charge on any atom is -0.497 e. The molecule has 0 fully saturated rings. The SMILES string of the molecule is COCC(NCC1CCC=CO1)C(C)C. The first-order valence-electron chi connectivity index (χ1n) is 5.76. The molecular formula is C12H23NO2. The zero-order valence-corrected chi connectivity index (χ0v) is 10.0. The Morgan fingerprint density at radius 3 is 2.87 bits per heavy atom. The molecule has 15 heavy (non-hydrogen) atoms. The van der Waals surface area contributed by atoms with Gasteiger partial charge in [0.25, 0.3) is 0 Å². The smallest absolute Gasteiger partial charge is 0.110 e. The average Bonchev–Trinajstić information content (AvgIpc) is 2.25. The fraction of sp³-hybridized carbons (Fsp3) is 0.833. The van der Waals surface area contributed by atoms with E-state index in [-0.39, 0.29) is 0 Å². The van der Waals surface area contributed by atoms with Gasteiger partial charge in [-0.3, -0.25) is 0 Å². The molecule has 0 aromatic heterocycles. The van der Waals surface area contributed by atoms with E-state index in [0.717, 1.165) is 26.0 Å². The van der Waals surface area contributed by atoms with E-state index in [9.17, 15) is 0 Å². The number of rotatable bonds is 6. The average molecular weight is 213 g/mol. The summed E-state index contributed by atoms with van der Waals surface area (Å²) in [5.74, 6) is 0.587. The number of methoxy groups -OCH3 is 1. The van der Waals surface area contributed by atoms with Crippen molar-refractivity contribution in [2.24, 2.45) is 5.92 Å². The molecule has 0 radical (unpaired) electrons. The summed E-state index contributed by atoms with van der Waals surface area (Å²) in [6.45, 7) is 6.09. The number of allylic oxidation sites excluding steroid dienone is 1. The molecule has 0 aromatic carbocycles. The van der Waals surface area contributed by atoms with E-state index in [1.807, 2.05) is 6.26 Å². The molecule has 0 saturated heterocycles. The maximum atomic E-state index is 5.50. The normalized spacial score (nSPS) is 22.8. The number of ether oxygens (including phenoxy) is 2. The van der Waals surface area contributed by atoms with Gasteiger partial charge < -0.3 is 14.8 Å². The third kappa shape index (κ3) is 4.67. The highest BCUT2D eigenvalue weighted by Crippen LogP contribution is 2.10. The summed E-state index contributed by atoms with van der Waals surface area (Å²) >= 11 is 0. The fourth-order valence-electron chi connectivity index (χ4n) is 1.68. The lowest BCUT2D eigenvalue weighted by molar-refractivity contribution is 0.101. The van der Waals surface area contributed by atoms with Crippen LogP contribution in [-0.2, 0) is 9.47 Å². The van der Waals surface area contributed by atoms with Crippen molar-refractivity contribution in [3.8, 4) is 0 Å². The third-order valence-electron chi connectivity index (χ3n) is 2.78. The van der Waals surface area contributed by atoms with Gasteiger partial charge in [-0.05, 0) is 24.8 Å². The van der Waals surface area contributed by atoms with E-state index in [0.29, 0.717) is 18.1 Å². The molecule has 88 valence electrons. The first kappa shape index (κ1) is 12.5. The molecule has 1 aliphatic heterocycles. The van der Waals surface area contributed by atoms with E-state index in [4.69, 9.17) is 9.47 Å². The second-order valence-electron chi connectivity index (χ2n) is 4.42. The van der Waals surface area contributed by atoms with Crippen LogP contribution < -0.4 is 5.32 Å². The molecule has 1 aliphatic rings. The quantitative estimate of drug-likeness (QED) is 0.731. The Labute approximate surface area is 92.8 Å². The Morgan fingerprint density at radius 2 is 2.33 bits per heavy atom. The summed E-state index contributed by atoms with van der Waals surface area (Å²) in [6.07, 6.45) is 6.46. The van der Waals surface area contributed by atoms with Crippen molar-refractivity contribution < 1.29 is 9.47 Å². The standard InChI is InChI=1S/C12H23NO2/c1-10(2)12(9-14-3)13-8-11-6-4-5-7-15-11/h5,7,10-13H,4,6,8-9H2,1-3H3. The van der Waals surface area contributed by atoms with Gasteiger partial charge in [0.1, 0.15) is 6.10 Å². The highest BCUT2D eigenvalue weighted by Gasteiger charge is 2.16. The van der Waals surface area contributed by atoms with Crippen molar-refractivity contribution in [3.05, 3.63) is 12.3 Å². The monoisotopic (exact) mass is 213 g/mol. The highest BCUT2D eigenvalue weighted by atomic mass is 16.5. The molecule has 1 heterocycles. The van der Waals surface area contributed by atoms with Crippen molar-refractivity contribution in [1.29, 1.82) is 0 Å². The zero-order valence-electron chi connectivity index (χ0n) is 10.0. The molecule has 0 amide bonds. The molecular weight excluding hydrogens is 190 g/mol. The Morgan fingerprint density at radius 1 is 1.53 bits per heavy atom. The molecule has 0 spiro atoms. The van der Waals surface area contributed by atoms with Gasteiger partial charge in [0.15, 0.2) is 0 Å². The summed E-state index contributed by atoms with van der Waals surface area (Å²) in [7, 11) is 1.75. The van der Waals surface area contributed by atoms with E-state index in [2.05, 4.69) is 25.2 Å². The largest absolute Gasteiger partial charge is 0.497 e. The summed E-state index contributed by atoms with van der Waals surface area (Å²) in [6, 6.07) is 0.421. The maximum absolute atomic E-state index is 5.50. The van der Waals surface area contributed by atoms with Gasteiger partial charge in [0.05, 0.1) is 12.9 Å². The number of nitrogens with one attached hydrogen (secondary N) is 1. The summed E-state index contributed by atoms with van der Waals surface area (Å²) < 4.78 is 10.7. The number of hydrogen-bond acceptors (Lipinski definition) is 3. The summed E-state index contributed by atoms with van der Waals surface area (Å²) in [5, 5.41) is 3.51. The van der Waals surface area contributed by atoms with Crippen LogP contribution in [-0.4, -0.2) is 32.4 Å². The zero-order chi connectivity index (χ0) is 11.1. The Bertz CT molecular complexity index is 192. The Hall–Kier alpha value is -0.540. The van der Waals surface area contributed by atoms with Crippen LogP contribution in [0.4, 0.5) is 0 Å². The van der Waals surface area contributed by atoms with Crippen LogP contribution in [0.3, 0.4) is 0 Å². The minimum absolute atomic E-state index is 0.327. The molecule has 3 nitrogen and oxygen atoms in total. The highest BCUT2D eigenvalue weighted by molar-refractivity contribution is 4.84. The van der Waals surface area contributed by atoms with Crippen molar-refractivity contribution in [2.45, 2.75) is 38.8 Å². The molecule has 2 atom stereocenters. The van der Waals surface area contributed by atoms with E-state index < -0.39 is 0 Å². The van der Waals surface area contributed by atoms with Gasteiger partial charge in [-0.2, -0.15) is 0 Å². The van der Waals surface area contributed by atoms with E-state index >= 15 is 0 Å². The molecule has 1 N–H and O–H groups in total. The lowest BCUT2D eigenvalue weighted by Crippen LogP contribution is -2.42. The van der Waals surface area contributed by atoms with Crippen LogP contribution >= 0.6 is 0 Å². The topological polar surface area (TPSA) is 30.5 Å². The van der Waals surface area contributed by atoms with Crippen LogP contribution in [0.1, 0.15) is 26.7 Å². The van der Waals surface area contributed by atoms with Crippen molar-refractivity contribution >= 4 is 0 Å². The number of hydrogen-bond donors (Lipinski definition) is 1. The van der Waals surface area contributed by atoms with Crippen molar-refractivity contribution in [1.82, 2.24) is 5.32 Å². The lowest BCUT2D eigenvalue weighted by Gasteiger charge is -2.26. The molecule has 0 aromatic rings. The molecule has 3 heteroatoms. The second kappa shape index (κ2) is 6.85. The van der Waals surface area contributed by atoms with Crippen molar-refractivity contribution in [3.63, 3.8) is 0 Å². The van der Waals surface area contributed by atoms with Gasteiger partial charge in [-0.15, -0.1) is 0 Å². The van der Waals surface area contributed by atoms with Gasteiger partial charge in [0.2, 0.25) is 0 Å². The fourth-order valence-corrected chi connectivity index (χ4v) is 1.68. The van der Waals surface area contributed by atoms with Crippen LogP contribution in [0.25, 0.3) is 0 Å². The van der Waals surface area contributed by atoms with Gasteiger partial charge in [-0.1, -0.05) is 13.8 Å². The molecule has 2 unspecified atom stereocenters. The predicted octanol–water partition coefficient (Wildman–Crippen LogP) is 1.94. The Kier molecular flexibility index (Phi) is 5.73. The van der Waals surface area contributed by atoms with Crippen LogP contribution in [0.2, 0.25) is 0 Å². The lowest BCUT2D eigenvalue weighted by atomic mass is 10.0. The molecule has 0 aliphatic carbocycles. The van der Waals surface area contributed by atoms with Crippen LogP contribution in [0.15, 0.2) is 12.3 Å². The van der Waals surface area contributed by atoms with E-state index in [1.165, 1.54) is 0 Å². The molecule has 1 rings (SSSR count). The maximum Gasteiger partial charge on any atom is 0.110 e. The second-order valence-corrected chi connectivity index (χ2v) is 4.42. The summed E-state index contributed by atoms with van der Waals surface area (Å²) in [4.78, 5) is 0. The van der Waals surface area contributed by atoms with Crippen LogP contribution in [0, 0.1) is 5.92 Å². The first-order chi connectivity index (χ1) is 7.24. The first-order valence-corrected chi connectivity index (χ1v) is 5.76. The minimum atomic E-state index is 0.327. The van der Waals surface area contributed by atoms with Crippen molar-refractivity contribution in [2.75, 3.05) is 20.3 Å². The third-order valence-corrected chi connectivity index (χ3v) is 2.78. The Balaban J connectivity index is 2.23. The van der Waals surface area contributed by atoms with Gasteiger partial charge >= 0.3 is 0 Å².